The van der Waals surface area contributed by atoms with E-state index in [1.54, 1.807) is 0 Å². The third-order valence-corrected chi connectivity index (χ3v) is 4.75. The number of carboxylic acids is 1. The molecule has 1 N–H and O–H groups in total. The van der Waals surface area contributed by atoms with Crippen molar-refractivity contribution in [3.05, 3.63) is 0 Å². The SMILES string of the molecule is CCC1CCCCC1OC1CCC(C(=O)O)CC1. The van der Waals surface area contributed by atoms with Gasteiger partial charge in [0.05, 0.1) is 18.1 Å². The van der Waals surface area contributed by atoms with Crippen LogP contribution >= 0.6 is 0 Å². The van der Waals surface area contributed by atoms with Gasteiger partial charge >= 0.3 is 5.97 Å². The zero-order chi connectivity index (χ0) is 13.0. The van der Waals surface area contributed by atoms with Crippen molar-refractivity contribution >= 4 is 5.97 Å². The average Bonchev–Trinajstić information content (AvgIpc) is 2.40. The Morgan fingerprint density at radius 3 is 2.39 bits per heavy atom. The van der Waals surface area contributed by atoms with Gasteiger partial charge in [0, 0.05) is 0 Å². The molecule has 0 amide bonds. The molecular weight excluding hydrogens is 228 g/mol. The first kappa shape index (κ1) is 13.9. The van der Waals surface area contributed by atoms with Crippen LogP contribution in [0, 0.1) is 11.8 Å². The Morgan fingerprint density at radius 1 is 1.11 bits per heavy atom. The molecule has 3 nitrogen and oxygen atoms in total. The predicted molar refractivity (Wildman–Crippen MR) is 70.5 cm³/mol. The molecule has 18 heavy (non-hydrogen) atoms. The van der Waals surface area contributed by atoms with Gasteiger partial charge in [-0.05, 0) is 44.4 Å². The molecule has 0 saturated heterocycles. The number of hydrogen-bond donors (Lipinski definition) is 1. The minimum absolute atomic E-state index is 0.127. The van der Waals surface area contributed by atoms with Gasteiger partial charge in [-0.15, -0.1) is 0 Å². The Morgan fingerprint density at radius 2 is 1.78 bits per heavy atom. The van der Waals surface area contributed by atoms with E-state index in [1.165, 1.54) is 32.1 Å². The lowest BCUT2D eigenvalue weighted by atomic mass is 9.83. The van der Waals surface area contributed by atoms with Gasteiger partial charge in [-0.2, -0.15) is 0 Å². The summed E-state index contributed by atoms with van der Waals surface area (Å²) >= 11 is 0. The molecule has 2 saturated carbocycles. The molecule has 0 aromatic carbocycles. The van der Waals surface area contributed by atoms with Crippen LogP contribution in [0.25, 0.3) is 0 Å². The summed E-state index contributed by atoms with van der Waals surface area (Å²) in [5, 5.41) is 8.99. The van der Waals surface area contributed by atoms with E-state index < -0.39 is 5.97 Å². The van der Waals surface area contributed by atoms with Crippen molar-refractivity contribution in [3.63, 3.8) is 0 Å². The Labute approximate surface area is 110 Å². The summed E-state index contributed by atoms with van der Waals surface area (Å²) in [5.41, 5.74) is 0. The van der Waals surface area contributed by atoms with Crippen LogP contribution in [0.3, 0.4) is 0 Å². The molecule has 0 aliphatic heterocycles. The van der Waals surface area contributed by atoms with Gasteiger partial charge in [-0.3, -0.25) is 4.79 Å². The summed E-state index contributed by atoms with van der Waals surface area (Å²) in [4.78, 5) is 10.9. The number of carboxylic acid groups (broad SMARTS) is 1. The smallest absolute Gasteiger partial charge is 0.306 e. The Kier molecular flexibility index (Phi) is 5.04. The van der Waals surface area contributed by atoms with Crippen molar-refractivity contribution in [3.8, 4) is 0 Å². The van der Waals surface area contributed by atoms with Gasteiger partial charge in [0.1, 0.15) is 0 Å². The summed E-state index contributed by atoms with van der Waals surface area (Å²) in [6.45, 7) is 2.26. The van der Waals surface area contributed by atoms with Crippen LogP contribution in [0.1, 0.15) is 64.7 Å². The predicted octanol–water partition coefficient (Wildman–Crippen LogP) is 3.62. The summed E-state index contributed by atoms with van der Waals surface area (Å²) in [6.07, 6.45) is 10.6. The largest absolute Gasteiger partial charge is 0.481 e. The molecule has 2 rings (SSSR count). The lowest BCUT2D eigenvalue weighted by molar-refractivity contribution is -0.145. The topological polar surface area (TPSA) is 46.5 Å². The zero-order valence-corrected chi connectivity index (χ0v) is 11.4. The highest BCUT2D eigenvalue weighted by atomic mass is 16.5. The van der Waals surface area contributed by atoms with Crippen LogP contribution in [0.15, 0.2) is 0 Å². The van der Waals surface area contributed by atoms with Gasteiger partial charge in [0.25, 0.3) is 0 Å². The minimum Gasteiger partial charge on any atom is -0.481 e. The molecule has 0 spiro atoms. The van der Waals surface area contributed by atoms with Crippen molar-refractivity contribution in [2.75, 3.05) is 0 Å². The van der Waals surface area contributed by atoms with Gasteiger partial charge < -0.3 is 9.84 Å². The molecule has 2 fully saturated rings. The normalized spacial score (nSPS) is 37.4. The van der Waals surface area contributed by atoms with Crippen LogP contribution in [0.2, 0.25) is 0 Å². The second-order valence-electron chi connectivity index (χ2n) is 5.94. The molecule has 2 unspecified atom stereocenters. The Hall–Kier alpha value is -0.570. The van der Waals surface area contributed by atoms with E-state index in [0.717, 1.165) is 31.6 Å². The lowest BCUT2D eigenvalue weighted by Crippen LogP contribution is -2.34. The van der Waals surface area contributed by atoms with E-state index in [1.807, 2.05) is 0 Å². The van der Waals surface area contributed by atoms with E-state index in [0.29, 0.717) is 12.2 Å². The van der Waals surface area contributed by atoms with Crippen LogP contribution in [0.5, 0.6) is 0 Å². The van der Waals surface area contributed by atoms with Gasteiger partial charge in [0.2, 0.25) is 0 Å². The zero-order valence-electron chi connectivity index (χ0n) is 11.4. The van der Waals surface area contributed by atoms with Crippen molar-refractivity contribution in [2.45, 2.75) is 76.9 Å². The molecular formula is C15H26O3. The maximum absolute atomic E-state index is 10.9. The average molecular weight is 254 g/mol. The number of aliphatic carboxylic acids is 1. The second kappa shape index (κ2) is 6.55. The summed E-state index contributed by atoms with van der Waals surface area (Å²) in [6, 6.07) is 0. The highest BCUT2D eigenvalue weighted by Crippen LogP contribution is 2.33. The fraction of sp³-hybridized carbons (Fsp3) is 0.933. The Bertz CT molecular complexity index is 269. The second-order valence-corrected chi connectivity index (χ2v) is 5.94. The van der Waals surface area contributed by atoms with E-state index in [9.17, 15) is 4.79 Å². The third kappa shape index (κ3) is 3.47. The van der Waals surface area contributed by atoms with Crippen LogP contribution in [0.4, 0.5) is 0 Å². The number of carbonyl (C=O) groups is 1. The molecule has 2 aliphatic rings. The highest BCUT2D eigenvalue weighted by molar-refractivity contribution is 5.70. The molecule has 0 aromatic rings. The molecule has 3 heteroatoms. The standard InChI is InChI=1S/C15H26O3/c1-2-11-5-3-4-6-14(11)18-13-9-7-12(8-10-13)15(16)17/h11-14H,2-10H2,1H3,(H,16,17). The fourth-order valence-corrected chi connectivity index (χ4v) is 3.51. The maximum atomic E-state index is 10.9. The van der Waals surface area contributed by atoms with Crippen molar-refractivity contribution < 1.29 is 14.6 Å². The molecule has 2 aliphatic carbocycles. The van der Waals surface area contributed by atoms with Crippen LogP contribution in [-0.4, -0.2) is 23.3 Å². The number of rotatable bonds is 4. The van der Waals surface area contributed by atoms with Crippen LogP contribution in [-0.2, 0) is 9.53 Å². The van der Waals surface area contributed by atoms with E-state index in [4.69, 9.17) is 9.84 Å². The number of ether oxygens (including phenoxy) is 1. The van der Waals surface area contributed by atoms with E-state index >= 15 is 0 Å². The summed E-state index contributed by atoms with van der Waals surface area (Å²) < 4.78 is 6.27. The molecule has 2 atom stereocenters. The van der Waals surface area contributed by atoms with Crippen LogP contribution < -0.4 is 0 Å². The van der Waals surface area contributed by atoms with E-state index in [-0.39, 0.29) is 5.92 Å². The first-order valence-corrected chi connectivity index (χ1v) is 7.59. The first-order chi connectivity index (χ1) is 8.70. The molecule has 0 heterocycles. The fourth-order valence-electron chi connectivity index (χ4n) is 3.51. The first-order valence-electron chi connectivity index (χ1n) is 7.59. The van der Waals surface area contributed by atoms with Crippen molar-refractivity contribution in [2.24, 2.45) is 11.8 Å². The molecule has 0 radical (unpaired) electrons. The molecule has 0 aromatic heterocycles. The monoisotopic (exact) mass is 254 g/mol. The van der Waals surface area contributed by atoms with Crippen molar-refractivity contribution in [1.82, 2.24) is 0 Å². The quantitative estimate of drug-likeness (QED) is 0.833. The molecule has 104 valence electrons. The van der Waals surface area contributed by atoms with Gasteiger partial charge in [0.15, 0.2) is 0 Å². The number of hydrogen-bond acceptors (Lipinski definition) is 2. The van der Waals surface area contributed by atoms with E-state index in [2.05, 4.69) is 6.92 Å². The highest BCUT2D eigenvalue weighted by Gasteiger charge is 2.31. The maximum Gasteiger partial charge on any atom is 0.306 e. The summed E-state index contributed by atoms with van der Waals surface area (Å²) in [7, 11) is 0. The molecule has 0 bridgehead atoms. The third-order valence-electron chi connectivity index (χ3n) is 4.75. The minimum atomic E-state index is -0.627. The van der Waals surface area contributed by atoms with Gasteiger partial charge in [-0.25, -0.2) is 0 Å². The van der Waals surface area contributed by atoms with Crippen molar-refractivity contribution in [1.29, 1.82) is 0 Å². The lowest BCUT2D eigenvalue weighted by Gasteiger charge is -2.36. The summed E-state index contributed by atoms with van der Waals surface area (Å²) in [5.74, 6) is -0.0216. The van der Waals surface area contributed by atoms with Gasteiger partial charge in [-0.1, -0.05) is 26.2 Å². The Balaban J connectivity index is 1.78.